The normalized spacial score (nSPS) is 18.2. The molecule has 6 heteroatoms. The third-order valence-corrected chi connectivity index (χ3v) is 3.93. The molecule has 0 aliphatic carbocycles. The summed E-state index contributed by atoms with van der Waals surface area (Å²) in [5.74, 6) is 0.353. The average Bonchev–Trinajstić information content (AvgIpc) is 2.51. The molecule has 1 saturated heterocycles. The summed E-state index contributed by atoms with van der Waals surface area (Å²) in [4.78, 5) is 27.7. The van der Waals surface area contributed by atoms with Crippen molar-refractivity contribution in [2.75, 3.05) is 36.9 Å². The van der Waals surface area contributed by atoms with Crippen molar-refractivity contribution in [3.63, 3.8) is 0 Å². The molecule has 2 amide bonds. The summed E-state index contributed by atoms with van der Waals surface area (Å²) in [6.45, 7) is 1.58. The van der Waals surface area contributed by atoms with E-state index in [4.69, 9.17) is 10.5 Å². The van der Waals surface area contributed by atoms with Crippen LogP contribution in [0.15, 0.2) is 18.2 Å². The van der Waals surface area contributed by atoms with Gasteiger partial charge in [-0.3, -0.25) is 14.5 Å². The van der Waals surface area contributed by atoms with Gasteiger partial charge in [-0.2, -0.15) is 0 Å². The molecule has 2 heterocycles. The highest BCUT2D eigenvalue weighted by Crippen LogP contribution is 2.33. The van der Waals surface area contributed by atoms with E-state index in [-0.39, 0.29) is 25.0 Å². The van der Waals surface area contributed by atoms with E-state index in [0.717, 1.165) is 25.9 Å². The molecule has 2 aliphatic rings. The molecule has 1 aromatic carbocycles. The van der Waals surface area contributed by atoms with Crippen LogP contribution in [0.4, 0.5) is 11.4 Å². The highest BCUT2D eigenvalue weighted by Gasteiger charge is 2.29. The number of nitrogens with zero attached hydrogens (tertiary/aromatic N) is 2. The number of carbonyl (C=O) groups excluding carboxylic acids is 2. The van der Waals surface area contributed by atoms with Gasteiger partial charge >= 0.3 is 0 Å². The van der Waals surface area contributed by atoms with Crippen LogP contribution in [0.2, 0.25) is 0 Å². The molecule has 1 aromatic rings. The van der Waals surface area contributed by atoms with Gasteiger partial charge in [0.05, 0.1) is 5.69 Å². The number of anilines is 2. The minimum absolute atomic E-state index is 0.00674. The number of likely N-dealkylation sites (tertiary alicyclic amines) is 1. The molecule has 6 nitrogen and oxygen atoms in total. The second kappa shape index (κ2) is 5.63. The van der Waals surface area contributed by atoms with Crippen LogP contribution in [-0.4, -0.2) is 43.0 Å². The van der Waals surface area contributed by atoms with Gasteiger partial charge in [-0.15, -0.1) is 0 Å². The number of piperidine rings is 1. The van der Waals surface area contributed by atoms with Crippen LogP contribution in [0.3, 0.4) is 0 Å². The highest BCUT2D eigenvalue weighted by atomic mass is 16.5. The maximum atomic E-state index is 12.4. The second-order valence-electron chi connectivity index (χ2n) is 5.44. The fraction of sp³-hybridized carbons (Fsp3) is 0.467. The lowest BCUT2D eigenvalue weighted by Gasteiger charge is -2.32. The Labute approximate surface area is 123 Å². The monoisotopic (exact) mass is 289 g/mol. The third-order valence-electron chi connectivity index (χ3n) is 3.93. The maximum absolute atomic E-state index is 12.4. The Morgan fingerprint density at radius 3 is 2.76 bits per heavy atom. The summed E-state index contributed by atoms with van der Waals surface area (Å²) in [7, 11) is 0. The average molecular weight is 289 g/mol. The van der Waals surface area contributed by atoms with Crippen molar-refractivity contribution in [3.8, 4) is 5.75 Å². The highest BCUT2D eigenvalue weighted by molar-refractivity contribution is 6.02. The standard InChI is InChI=1S/C15H19N3O3/c16-11-4-5-12-13(8-11)21-10-15(20)18(12)9-14(19)17-6-2-1-3-7-17/h4-5,8H,1-3,6-7,9-10,16H2. The van der Waals surface area contributed by atoms with Gasteiger partial charge in [0.25, 0.3) is 5.91 Å². The molecule has 1 fully saturated rings. The van der Waals surface area contributed by atoms with E-state index >= 15 is 0 Å². The minimum atomic E-state index is -0.197. The number of nitrogens with two attached hydrogens (primary N) is 1. The molecule has 21 heavy (non-hydrogen) atoms. The Kier molecular flexibility index (Phi) is 3.68. The Morgan fingerprint density at radius 2 is 2.00 bits per heavy atom. The first-order valence-corrected chi connectivity index (χ1v) is 7.25. The lowest BCUT2D eigenvalue weighted by atomic mass is 10.1. The van der Waals surface area contributed by atoms with E-state index in [1.54, 1.807) is 18.2 Å². The predicted octanol–water partition coefficient (Wildman–Crippen LogP) is 1.01. The Morgan fingerprint density at radius 1 is 1.24 bits per heavy atom. The Balaban J connectivity index is 1.78. The van der Waals surface area contributed by atoms with E-state index in [1.807, 2.05) is 4.90 Å². The molecule has 0 bridgehead atoms. The molecule has 0 aromatic heterocycles. The molecule has 3 rings (SSSR count). The largest absolute Gasteiger partial charge is 0.481 e. The van der Waals surface area contributed by atoms with E-state index in [0.29, 0.717) is 17.1 Å². The zero-order valence-electron chi connectivity index (χ0n) is 11.9. The first-order valence-electron chi connectivity index (χ1n) is 7.25. The Bertz CT molecular complexity index is 567. The van der Waals surface area contributed by atoms with Crippen LogP contribution in [0, 0.1) is 0 Å². The van der Waals surface area contributed by atoms with Gasteiger partial charge < -0.3 is 15.4 Å². The predicted molar refractivity (Wildman–Crippen MR) is 79.1 cm³/mol. The number of fused-ring (bicyclic) bond motifs is 1. The van der Waals surface area contributed by atoms with Crippen molar-refractivity contribution in [2.24, 2.45) is 0 Å². The van der Waals surface area contributed by atoms with Crippen molar-refractivity contribution in [1.29, 1.82) is 0 Å². The molecule has 0 atom stereocenters. The van der Waals surface area contributed by atoms with Crippen LogP contribution >= 0.6 is 0 Å². The Hall–Kier alpha value is -2.24. The van der Waals surface area contributed by atoms with Crippen LogP contribution < -0.4 is 15.4 Å². The van der Waals surface area contributed by atoms with Crippen molar-refractivity contribution in [2.45, 2.75) is 19.3 Å². The number of rotatable bonds is 2. The number of hydrogen-bond donors (Lipinski definition) is 1. The van der Waals surface area contributed by atoms with E-state index < -0.39 is 0 Å². The van der Waals surface area contributed by atoms with Crippen molar-refractivity contribution in [3.05, 3.63) is 18.2 Å². The van der Waals surface area contributed by atoms with Crippen LogP contribution in [0.25, 0.3) is 0 Å². The molecule has 2 aliphatic heterocycles. The molecular weight excluding hydrogens is 270 g/mol. The minimum Gasteiger partial charge on any atom is -0.481 e. The summed E-state index contributed by atoms with van der Waals surface area (Å²) >= 11 is 0. The molecule has 0 spiro atoms. The SMILES string of the molecule is Nc1ccc2c(c1)OCC(=O)N2CC(=O)N1CCCCC1. The fourth-order valence-electron chi connectivity index (χ4n) is 2.77. The topological polar surface area (TPSA) is 75.9 Å². The van der Waals surface area contributed by atoms with Crippen LogP contribution in [0.1, 0.15) is 19.3 Å². The number of hydrogen-bond acceptors (Lipinski definition) is 4. The van der Waals surface area contributed by atoms with Gasteiger partial charge in [-0.25, -0.2) is 0 Å². The number of nitrogen functional groups attached to an aromatic ring is 1. The molecular formula is C15H19N3O3. The quantitative estimate of drug-likeness (QED) is 0.824. The lowest BCUT2D eigenvalue weighted by Crippen LogP contribution is -2.47. The summed E-state index contributed by atoms with van der Waals surface area (Å²) in [5.41, 5.74) is 6.91. The summed E-state index contributed by atoms with van der Waals surface area (Å²) in [6, 6.07) is 5.12. The van der Waals surface area contributed by atoms with E-state index in [2.05, 4.69) is 0 Å². The summed E-state index contributed by atoms with van der Waals surface area (Å²) < 4.78 is 5.38. The lowest BCUT2D eigenvalue weighted by molar-refractivity contribution is -0.132. The van der Waals surface area contributed by atoms with Gasteiger partial charge in [-0.1, -0.05) is 0 Å². The zero-order valence-corrected chi connectivity index (χ0v) is 11.9. The third kappa shape index (κ3) is 2.79. The van der Waals surface area contributed by atoms with Crippen LogP contribution in [0.5, 0.6) is 5.75 Å². The van der Waals surface area contributed by atoms with Gasteiger partial charge in [0.15, 0.2) is 6.61 Å². The first kappa shape index (κ1) is 13.7. The zero-order chi connectivity index (χ0) is 14.8. The number of carbonyl (C=O) groups is 2. The molecule has 2 N–H and O–H groups in total. The van der Waals surface area contributed by atoms with Crippen molar-refractivity contribution in [1.82, 2.24) is 4.90 Å². The molecule has 0 unspecified atom stereocenters. The van der Waals surface area contributed by atoms with E-state index in [9.17, 15) is 9.59 Å². The summed E-state index contributed by atoms with van der Waals surface area (Å²) in [6.07, 6.45) is 3.24. The number of benzene rings is 1. The van der Waals surface area contributed by atoms with Crippen molar-refractivity contribution >= 4 is 23.2 Å². The van der Waals surface area contributed by atoms with Crippen LogP contribution in [-0.2, 0) is 9.59 Å². The van der Waals surface area contributed by atoms with Gasteiger partial charge in [-0.05, 0) is 31.4 Å². The number of amides is 2. The van der Waals surface area contributed by atoms with Gasteiger partial charge in [0, 0.05) is 24.8 Å². The first-order chi connectivity index (χ1) is 10.1. The summed E-state index contributed by atoms with van der Waals surface area (Å²) in [5, 5.41) is 0. The van der Waals surface area contributed by atoms with Crippen molar-refractivity contribution < 1.29 is 14.3 Å². The molecule has 0 radical (unpaired) electrons. The van der Waals surface area contributed by atoms with Gasteiger partial charge in [0.2, 0.25) is 5.91 Å². The maximum Gasteiger partial charge on any atom is 0.265 e. The smallest absolute Gasteiger partial charge is 0.265 e. The second-order valence-corrected chi connectivity index (χ2v) is 5.44. The fourth-order valence-corrected chi connectivity index (χ4v) is 2.77. The molecule has 112 valence electrons. The number of ether oxygens (including phenoxy) is 1. The van der Waals surface area contributed by atoms with Gasteiger partial charge in [0.1, 0.15) is 12.3 Å². The van der Waals surface area contributed by atoms with E-state index in [1.165, 1.54) is 11.3 Å². The molecule has 0 saturated carbocycles.